The number of hydrogen-bond donors (Lipinski definition) is 1. The van der Waals surface area contributed by atoms with Gasteiger partial charge in [0, 0.05) is 6.04 Å². The van der Waals surface area contributed by atoms with E-state index in [4.69, 9.17) is 5.73 Å². The Balaban J connectivity index is 0.00000400. The molecule has 0 heterocycles. The molecule has 1 rings (SSSR count). The zero-order valence-electron chi connectivity index (χ0n) is 11.8. The summed E-state index contributed by atoms with van der Waals surface area (Å²) < 4.78 is 41.7. The third-order valence-electron chi connectivity index (χ3n) is 3.06. The first-order chi connectivity index (χ1) is 9.23. The molecule has 7 heteroatoms. The number of aryl methyl sites for hydroxylation is 1. The molecule has 2 unspecified atom stereocenters. The predicted molar refractivity (Wildman–Crippen MR) is 76.3 cm³/mol. The Labute approximate surface area is 128 Å². The molecule has 0 saturated carbocycles. The van der Waals surface area contributed by atoms with Crippen LogP contribution in [0, 0.1) is 12.8 Å². The number of hydrogen-bond acceptors (Lipinski definition) is 3. The van der Waals surface area contributed by atoms with E-state index < -0.39 is 30.5 Å². The van der Waals surface area contributed by atoms with E-state index in [-0.39, 0.29) is 18.8 Å². The second-order valence-electron chi connectivity index (χ2n) is 4.80. The van der Waals surface area contributed by atoms with Crippen LogP contribution in [-0.2, 0) is 16.0 Å². The summed E-state index contributed by atoms with van der Waals surface area (Å²) in [7, 11) is 1.14. The predicted octanol–water partition coefficient (Wildman–Crippen LogP) is 3.03. The van der Waals surface area contributed by atoms with Crippen molar-refractivity contribution in [3.63, 3.8) is 0 Å². The summed E-state index contributed by atoms with van der Waals surface area (Å²) in [5, 5.41) is 0. The molecule has 21 heavy (non-hydrogen) atoms. The maximum Gasteiger partial charge on any atom is 0.390 e. The zero-order valence-corrected chi connectivity index (χ0v) is 12.6. The molecule has 0 fully saturated rings. The van der Waals surface area contributed by atoms with Gasteiger partial charge in [0.15, 0.2) is 0 Å². The smallest absolute Gasteiger partial charge is 0.390 e. The number of nitrogens with two attached hydrogens (primary N) is 1. The number of halogens is 4. The van der Waals surface area contributed by atoms with Crippen molar-refractivity contribution >= 4 is 18.4 Å². The molecule has 2 N–H and O–H groups in total. The molecule has 0 radical (unpaired) electrons. The van der Waals surface area contributed by atoms with E-state index in [0.717, 1.165) is 18.2 Å². The summed E-state index contributed by atoms with van der Waals surface area (Å²) in [6.07, 6.45) is -5.48. The molecule has 0 aliphatic carbocycles. The molecule has 0 aliphatic heterocycles. The maximum atomic E-state index is 12.4. The van der Waals surface area contributed by atoms with Crippen LogP contribution < -0.4 is 5.73 Å². The topological polar surface area (TPSA) is 52.3 Å². The molecule has 3 nitrogen and oxygen atoms in total. The van der Waals surface area contributed by atoms with Gasteiger partial charge in [-0.2, -0.15) is 13.2 Å². The number of ether oxygens (including phenoxy) is 1. The normalized spacial score (nSPS) is 14.0. The number of methoxy groups -OCH3 is 1. The van der Waals surface area contributed by atoms with E-state index in [1.165, 1.54) is 0 Å². The molecular weight excluding hydrogens is 307 g/mol. The van der Waals surface area contributed by atoms with Gasteiger partial charge in [0.2, 0.25) is 0 Å². The minimum Gasteiger partial charge on any atom is -0.469 e. The van der Waals surface area contributed by atoms with Crippen LogP contribution in [0.1, 0.15) is 17.5 Å². The summed E-state index contributed by atoms with van der Waals surface area (Å²) in [6.45, 7) is 1.90. The summed E-state index contributed by atoms with van der Waals surface area (Å²) in [5.41, 5.74) is 7.32. The number of rotatable bonds is 5. The number of carbonyl (C=O) groups excluding carboxylic acids is 1. The van der Waals surface area contributed by atoms with E-state index in [0.29, 0.717) is 0 Å². The lowest BCUT2D eigenvalue weighted by Gasteiger charge is -2.22. The van der Waals surface area contributed by atoms with Crippen LogP contribution in [0.25, 0.3) is 0 Å². The fraction of sp³-hybridized carbons (Fsp3) is 0.500. The first-order valence-corrected chi connectivity index (χ1v) is 6.18. The maximum absolute atomic E-state index is 12.4. The minimum atomic E-state index is -4.40. The molecule has 1 aromatic rings. The van der Waals surface area contributed by atoms with Crippen molar-refractivity contribution in [2.45, 2.75) is 32.0 Å². The van der Waals surface area contributed by atoms with Gasteiger partial charge in [-0.25, -0.2) is 0 Å². The number of alkyl halides is 3. The van der Waals surface area contributed by atoms with Crippen molar-refractivity contribution in [2.75, 3.05) is 7.11 Å². The van der Waals surface area contributed by atoms with Gasteiger partial charge in [0.1, 0.15) is 0 Å². The van der Waals surface area contributed by atoms with E-state index in [1.54, 1.807) is 12.1 Å². The molecule has 0 bridgehead atoms. The lowest BCUT2D eigenvalue weighted by atomic mass is 9.90. The SMILES string of the molecule is COC(=O)C(Cc1ccc(C)cc1)C(N)CC(F)(F)F.Cl. The molecule has 0 saturated heterocycles. The van der Waals surface area contributed by atoms with Gasteiger partial charge < -0.3 is 10.5 Å². The van der Waals surface area contributed by atoms with Crippen LogP contribution in [-0.4, -0.2) is 25.3 Å². The number of benzene rings is 1. The van der Waals surface area contributed by atoms with Gasteiger partial charge in [0.25, 0.3) is 0 Å². The second-order valence-corrected chi connectivity index (χ2v) is 4.80. The van der Waals surface area contributed by atoms with Crippen molar-refractivity contribution in [3.8, 4) is 0 Å². The molecule has 1 aromatic carbocycles. The quantitative estimate of drug-likeness (QED) is 0.847. The molecule has 0 aliphatic rings. The van der Waals surface area contributed by atoms with Crippen LogP contribution in [0.2, 0.25) is 0 Å². The zero-order chi connectivity index (χ0) is 15.3. The molecule has 2 atom stereocenters. The van der Waals surface area contributed by atoms with E-state index in [9.17, 15) is 18.0 Å². The first kappa shape index (κ1) is 19.7. The van der Waals surface area contributed by atoms with Crippen LogP contribution in [0.3, 0.4) is 0 Å². The van der Waals surface area contributed by atoms with Gasteiger partial charge >= 0.3 is 12.1 Å². The van der Waals surface area contributed by atoms with Gasteiger partial charge in [0.05, 0.1) is 19.4 Å². The van der Waals surface area contributed by atoms with E-state index in [1.807, 2.05) is 19.1 Å². The van der Waals surface area contributed by atoms with Gasteiger partial charge in [-0.1, -0.05) is 29.8 Å². The average Bonchev–Trinajstić information content (AvgIpc) is 2.35. The Morgan fingerprint density at radius 3 is 2.24 bits per heavy atom. The van der Waals surface area contributed by atoms with E-state index >= 15 is 0 Å². The fourth-order valence-corrected chi connectivity index (χ4v) is 1.95. The van der Waals surface area contributed by atoms with Crippen molar-refractivity contribution in [3.05, 3.63) is 35.4 Å². The summed E-state index contributed by atoms with van der Waals surface area (Å²) in [6, 6.07) is 5.89. The Hall–Kier alpha value is -1.27. The molecular formula is C14H19ClF3NO2. The van der Waals surface area contributed by atoms with E-state index in [2.05, 4.69) is 4.74 Å². The highest BCUT2D eigenvalue weighted by molar-refractivity contribution is 5.85. The van der Waals surface area contributed by atoms with Crippen molar-refractivity contribution in [1.29, 1.82) is 0 Å². The monoisotopic (exact) mass is 325 g/mol. The van der Waals surface area contributed by atoms with Crippen LogP contribution >= 0.6 is 12.4 Å². The Morgan fingerprint density at radius 2 is 1.81 bits per heavy atom. The molecule has 0 amide bonds. The molecule has 120 valence electrons. The Kier molecular flexibility index (Phi) is 7.74. The largest absolute Gasteiger partial charge is 0.469 e. The van der Waals surface area contributed by atoms with Crippen molar-refractivity contribution in [2.24, 2.45) is 11.7 Å². The van der Waals surface area contributed by atoms with Crippen molar-refractivity contribution < 1.29 is 22.7 Å². The highest BCUT2D eigenvalue weighted by Gasteiger charge is 2.37. The van der Waals surface area contributed by atoms with Gasteiger partial charge in [-0.3, -0.25) is 4.79 Å². The molecule has 0 aromatic heterocycles. The molecule has 0 spiro atoms. The summed E-state index contributed by atoms with van der Waals surface area (Å²) in [5.74, 6) is -1.73. The highest BCUT2D eigenvalue weighted by atomic mass is 35.5. The Morgan fingerprint density at radius 1 is 1.29 bits per heavy atom. The lowest BCUT2D eigenvalue weighted by Crippen LogP contribution is -2.40. The van der Waals surface area contributed by atoms with Gasteiger partial charge in [-0.15, -0.1) is 12.4 Å². The standard InChI is InChI=1S/C14H18F3NO2.ClH/c1-9-3-5-10(6-4-9)7-11(13(19)20-2)12(18)8-14(15,16)17;/h3-6,11-12H,7-8,18H2,1-2H3;1H. The lowest BCUT2D eigenvalue weighted by molar-refractivity contribution is -0.153. The fourth-order valence-electron chi connectivity index (χ4n) is 1.95. The summed E-state index contributed by atoms with van der Waals surface area (Å²) >= 11 is 0. The average molecular weight is 326 g/mol. The van der Waals surface area contributed by atoms with Crippen LogP contribution in [0.4, 0.5) is 13.2 Å². The highest BCUT2D eigenvalue weighted by Crippen LogP contribution is 2.25. The third-order valence-corrected chi connectivity index (χ3v) is 3.06. The van der Waals surface area contributed by atoms with Gasteiger partial charge in [-0.05, 0) is 18.9 Å². The van der Waals surface area contributed by atoms with Crippen molar-refractivity contribution in [1.82, 2.24) is 0 Å². The second kappa shape index (κ2) is 8.24. The minimum absolute atomic E-state index is 0. The third kappa shape index (κ3) is 6.82. The number of carbonyl (C=O) groups is 1. The Bertz CT molecular complexity index is 449. The summed E-state index contributed by atoms with van der Waals surface area (Å²) in [4.78, 5) is 11.6. The number of esters is 1. The van der Waals surface area contributed by atoms with Crippen LogP contribution in [0.5, 0.6) is 0 Å². The first-order valence-electron chi connectivity index (χ1n) is 6.18. The van der Waals surface area contributed by atoms with Crippen LogP contribution in [0.15, 0.2) is 24.3 Å².